The Bertz CT molecular complexity index is 647. The first kappa shape index (κ1) is 14.0. The molecule has 0 radical (unpaired) electrons. The SMILES string of the molecule is Cc1cnc(C)c(Sc2cc(Br)ccc2C(=O)O)n1. The van der Waals surface area contributed by atoms with Crippen LogP contribution in [0.1, 0.15) is 21.7 Å². The molecule has 0 saturated carbocycles. The molecule has 0 aliphatic heterocycles. The number of aryl methyl sites for hydroxylation is 2. The van der Waals surface area contributed by atoms with Gasteiger partial charge < -0.3 is 5.11 Å². The molecule has 19 heavy (non-hydrogen) atoms. The molecule has 0 amide bonds. The topological polar surface area (TPSA) is 63.1 Å². The minimum atomic E-state index is -0.951. The van der Waals surface area contributed by atoms with E-state index in [0.29, 0.717) is 4.90 Å². The maximum Gasteiger partial charge on any atom is 0.336 e. The molecule has 0 spiro atoms. The Morgan fingerprint density at radius 1 is 1.37 bits per heavy atom. The van der Waals surface area contributed by atoms with Gasteiger partial charge in [-0.15, -0.1) is 0 Å². The second-order valence-corrected chi connectivity index (χ2v) is 5.90. The molecule has 0 aliphatic carbocycles. The minimum Gasteiger partial charge on any atom is -0.478 e. The van der Waals surface area contributed by atoms with Crippen LogP contribution in [0.25, 0.3) is 0 Å². The molecule has 0 aliphatic rings. The molecule has 98 valence electrons. The third-order valence-corrected chi connectivity index (χ3v) is 4.04. The van der Waals surface area contributed by atoms with Crippen molar-refractivity contribution >= 4 is 33.7 Å². The largest absolute Gasteiger partial charge is 0.478 e. The molecule has 2 aromatic rings. The Labute approximate surface area is 123 Å². The van der Waals surface area contributed by atoms with Gasteiger partial charge in [0.05, 0.1) is 17.0 Å². The van der Waals surface area contributed by atoms with E-state index in [4.69, 9.17) is 0 Å². The normalized spacial score (nSPS) is 10.5. The van der Waals surface area contributed by atoms with Crippen LogP contribution in [0.3, 0.4) is 0 Å². The van der Waals surface area contributed by atoms with Crippen molar-refractivity contribution in [3.05, 3.63) is 45.8 Å². The fraction of sp³-hybridized carbons (Fsp3) is 0.154. The number of nitrogens with zero attached hydrogens (tertiary/aromatic N) is 2. The van der Waals surface area contributed by atoms with Gasteiger partial charge in [0.25, 0.3) is 0 Å². The number of aromatic nitrogens is 2. The molecule has 0 unspecified atom stereocenters. The molecule has 1 aromatic heterocycles. The van der Waals surface area contributed by atoms with Gasteiger partial charge in [-0.05, 0) is 32.0 Å². The highest BCUT2D eigenvalue weighted by Gasteiger charge is 2.14. The maximum absolute atomic E-state index is 11.2. The van der Waals surface area contributed by atoms with Crippen molar-refractivity contribution in [3.8, 4) is 0 Å². The van der Waals surface area contributed by atoms with Gasteiger partial charge in [-0.3, -0.25) is 4.98 Å². The van der Waals surface area contributed by atoms with Crippen LogP contribution >= 0.6 is 27.7 Å². The minimum absolute atomic E-state index is 0.260. The predicted molar refractivity (Wildman–Crippen MR) is 76.7 cm³/mol. The predicted octanol–water partition coefficient (Wildman–Crippen LogP) is 3.71. The number of carboxylic acids is 1. The zero-order valence-corrected chi connectivity index (χ0v) is 12.7. The lowest BCUT2D eigenvalue weighted by atomic mass is 10.2. The number of carboxylic acid groups (broad SMARTS) is 1. The van der Waals surface area contributed by atoms with Gasteiger partial charge in [0.2, 0.25) is 0 Å². The van der Waals surface area contributed by atoms with Gasteiger partial charge in [-0.2, -0.15) is 0 Å². The van der Waals surface area contributed by atoms with Crippen molar-refractivity contribution in [3.63, 3.8) is 0 Å². The summed E-state index contributed by atoms with van der Waals surface area (Å²) in [6.45, 7) is 3.71. The van der Waals surface area contributed by atoms with Gasteiger partial charge in [0.15, 0.2) is 0 Å². The number of aromatic carboxylic acids is 1. The van der Waals surface area contributed by atoms with Crippen molar-refractivity contribution in [2.24, 2.45) is 0 Å². The Morgan fingerprint density at radius 2 is 2.11 bits per heavy atom. The van der Waals surface area contributed by atoms with E-state index in [1.54, 1.807) is 24.4 Å². The van der Waals surface area contributed by atoms with Crippen LogP contribution in [-0.2, 0) is 0 Å². The second kappa shape index (κ2) is 5.71. The van der Waals surface area contributed by atoms with Gasteiger partial charge in [0.1, 0.15) is 5.03 Å². The Kier molecular flexibility index (Phi) is 4.21. The molecule has 0 atom stereocenters. The molecule has 1 heterocycles. The van der Waals surface area contributed by atoms with Gasteiger partial charge in [-0.25, -0.2) is 9.78 Å². The van der Waals surface area contributed by atoms with Crippen molar-refractivity contribution < 1.29 is 9.90 Å². The van der Waals surface area contributed by atoms with E-state index in [0.717, 1.165) is 20.9 Å². The lowest BCUT2D eigenvalue weighted by Gasteiger charge is -2.08. The summed E-state index contributed by atoms with van der Waals surface area (Å²) >= 11 is 4.66. The molecule has 0 saturated heterocycles. The first-order chi connectivity index (χ1) is 8.97. The average Bonchev–Trinajstić information content (AvgIpc) is 2.33. The number of hydrogen-bond acceptors (Lipinski definition) is 4. The van der Waals surface area contributed by atoms with Crippen LogP contribution in [-0.4, -0.2) is 21.0 Å². The molecule has 0 fully saturated rings. The van der Waals surface area contributed by atoms with Crippen LogP contribution in [0, 0.1) is 13.8 Å². The fourth-order valence-corrected chi connectivity index (χ4v) is 3.04. The number of rotatable bonds is 3. The number of halogens is 1. The highest BCUT2D eigenvalue weighted by atomic mass is 79.9. The van der Waals surface area contributed by atoms with Gasteiger partial charge in [-0.1, -0.05) is 27.7 Å². The monoisotopic (exact) mass is 338 g/mol. The van der Waals surface area contributed by atoms with Crippen molar-refractivity contribution in [2.75, 3.05) is 0 Å². The lowest BCUT2D eigenvalue weighted by molar-refractivity contribution is 0.0693. The van der Waals surface area contributed by atoms with Crippen molar-refractivity contribution in [1.29, 1.82) is 0 Å². The number of benzene rings is 1. The second-order valence-electron chi connectivity index (χ2n) is 3.95. The highest BCUT2D eigenvalue weighted by molar-refractivity contribution is 9.10. The zero-order valence-electron chi connectivity index (χ0n) is 10.3. The molecule has 6 heteroatoms. The molecule has 4 nitrogen and oxygen atoms in total. The van der Waals surface area contributed by atoms with Crippen molar-refractivity contribution in [2.45, 2.75) is 23.8 Å². The summed E-state index contributed by atoms with van der Waals surface area (Å²) < 4.78 is 0.832. The number of carbonyl (C=O) groups is 1. The van der Waals surface area contributed by atoms with Gasteiger partial charge >= 0.3 is 5.97 Å². The van der Waals surface area contributed by atoms with Crippen LogP contribution in [0.2, 0.25) is 0 Å². The molecular weight excluding hydrogens is 328 g/mol. The fourth-order valence-electron chi connectivity index (χ4n) is 1.47. The molecule has 1 aromatic carbocycles. The average molecular weight is 339 g/mol. The summed E-state index contributed by atoms with van der Waals surface area (Å²) in [7, 11) is 0. The molecule has 0 bridgehead atoms. The highest BCUT2D eigenvalue weighted by Crippen LogP contribution is 2.32. The van der Waals surface area contributed by atoms with E-state index in [-0.39, 0.29) is 5.56 Å². The summed E-state index contributed by atoms with van der Waals surface area (Å²) in [5.41, 5.74) is 1.85. The van der Waals surface area contributed by atoms with Gasteiger partial charge in [0, 0.05) is 15.6 Å². The van der Waals surface area contributed by atoms with Crippen LogP contribution < -0.4 is 0 Å². The first-order valence-electron chi connectivity index (χ1n) is 5.48. The third-order valence-electron chi connectivity index (χ3n) is 2.41. The number of hydrogen-bond donors (Lipinski definition) is 1. The van der Waals surface area contributed by atoms with Crippen molar-refractivity contribution in [1.82, 2.24) is 9.97 Å². The zero-order chi connectivity index (χ0) is 14.0. The summed E-state index contributed by atoms with van der Waals surface area (Å²) in [6, 6.07) is 5.06. The molecule has 2 rings (SSSR count). The summed E-state index contributed by atoms with van der Waals surface area (Å²) in [5, 5.41) is 9.92. The van der Waals surface area contributed by atoms with E-state index < -0.39 is 5.97 Å². The summed E-state index contributed by atoms with van der Waals surface area (Å²) in [6.07, 6.45) is 1.69. The Hall–Kier alpha value is -1.40. The van der Waals surface area contributed by atoms with Crippen LogP contribution in [0.5, 0.6) is 0 Å². The Morgan fingerprint density at radius 3 is 2.79 bits per heavy atom. The van der Waals surface area contributed by atoms with Crippen LogP contribution in [0.4, 0.5) is 0 Å². The third kappa shape index (κ3) is 3.33. The first-order valence-corrected chi connectivity index (χ1v) is 7.09. The molecule has 1 N–H and O–H groups in total. The maximum atomic E-state index is 11.2. The van der Waals surface area contributed by atoms with E-state index in [1.165, 1.54) is 11.8 Å². The quantitative estimate of drug-likeness (QED) is 0.924. The van der Waals surface area contributed by atoms with E-state index in [9.17, 15) is 9.90 Å². The summed E-state index contributed by atoms with van der Waals surface area (Å²) in [5.74, 6) is -0.951. The van der Waals surface area contributed by atoms with E-state index in [1.807, 2.05) is 13.8 Å². The van der Waals surface area contributed by atoms with E-state index >= 15 is 0 Å². The molecular formula is C13H11BrN2O2S. The van der Waals surface area contributed by atoms with Crippen LogP contribution in [0.15, 0.2) is 38.8 Å². The lowest BCUT2D eigenvalue weighted by Crippen LogP contribution is -2.00. The smallest absolute Gasteiger partial charge is 0.336 e. The standard InChI is InChI=1S/C13H11BrN2O2S/c1-7-6-15-8(2)12(16-7)19-11-5-9(14)3-4-10(11)13(17)18/h3-6H,1-2H3,(H,17,18). The van der Waals surface area contributed by atoms with E-state index in [2.05, 4.69) is 25.9 Å². The summed E-state index contributed by atoms with van der Waals surface area (Å²) in [4.78, 5) is 20.5. The Balaban J connectivity index is 2.45.